The van der Waals surface area contributed by atoms with Gasteiger partial charge in [-0.25, -0.2) is 4.79 Å². The molecule has 4 aromatic carbocycles. The molecule has 0 heterocycles. The number of hydrogen-bond donors (Lipinski definition) is 2. The third-order valence-electron chi connectivity index (χ3n) is 8.04. The summed E-state index contributed by atoms with van der Waals surface area (Å²) in [5.74, 6) is 0.177. The highest BCUT2D eigenvalue weighted by molar-refractivity contribution is 6.12. The molecule has 7 heteroatoms. The van der Waals surface area contributed by atoms with Gasteiger partial charge in [0.2, 0.25) is 5.91 Å². The van der Waals surface area contributed by atoms with Crippen molar-refractivity contribution in [1.82, 2.24) is 5.32 Å². The molecular weight excluding hydrogens is 588 g/mol. The number of para-hydroxylation sites is 1. The number of unbranched alkanes of at least 4 members (excludes halogenated alkanes) is 5. The number of anilines is 1. The molecule has 4 aromatic rings. The monoisotopic (exact) mass is 634 g/mol. The lowest BCUT2D eigenvalue weighted by Crippen LogP contribution is -2.33. The van der Waals surface area contributed by atoms with Gasteiger partial charge in [-0.3, -0.25) is 9.59 Å². The van der Waals surface area contributed by atoms with Crippen molar-refractivity contribution in [1.29, 1.82) is 0 Å². The summed E-state index contributed by atoms with van der Waals surface area (Å²) < 4.78 is 10.9. The molecule has 0 aromatic heterocycles. The number of ketones is 1. The average molecular weight is 635 g/mol. The van der Waals surface area contributed by atoms with Gasteiger partial charge in [0.25, 0.3) is 0 Å². The highest BCUT2D eigenvalue weighted by Crippen LogP contribution is 2.22. The van der Waals surface area contributed by atoms with Gasteiger partial charge in [0.05, 0.1) is 13.7 Å². The molecule has 2 N–H and O–H groups in total. The van der Waals surface area contributed by atoms with Crippen molar-refractivity contribution in [3.8, 4) is 5.75 Å². The molecule has 0 aliphatic carbocycles. The third-order valence-corrected chi connectivity index (χ3v) is 8.04. The second-order valence-electron chi connectivity index (χ2n) is 11.6. The van der Waals surface area contributed by atoms with E-state index in [-0.39, 0.29) is 11.7 Å². The van der Waals surface area contributed by atoms with Gasteiger partial charge in [-0.05, 0) is 54.7 Å². The molecule has 0 bridgehead atoms. The van der Waals surface area contributed by atoms with Crippen LogP contribution in [0, 0.1) is 0 Å². The van der Waals surface area contributed by atoms with E-state index in [2.05, 4.69) is 41.0 Å². The van der Waals surface area contributed by atoms with Crippen LogP contribution in [0.3, 0.4) is 0 Å². The highest BCUT2D eigenvalue weighted by atomic mass is 16.5. The number of nitrogens with one attached hydrogen (secondary N) is 2. The quantitative estimate of drug-likeness (QED) is 0.0592. The molecule has 4 rings (SSSR count). The smallest absolute Gasteiger partial charge is 0.328 e. The lowest BCUT2D eigenvalue weighted by atomic mass is 10.00. The summed E-state index contributed by atoms with van der Waals surface area (Å²) >= 11 is 0. The molecule has 246 valence electrons. The van der Waals surface area contributed by atoms with Crippen LogP contribution in [0.4, 0.5) is 5.69 Å². The number of esters is 1. The maximum atomic E-state index is 13.2. The molecule has 0 fully saturated rings. The second-order valence-corrected chi connectivity index (χ2v) is 11.6. The van der Waals surface area contributed by atoms with Crippen molar-refractivity contribution in [3.63, 3.8) is 0 Å². The van der Waals surface area contributed by atoms with E-state index in [0.717, 1.165) is 24.8 Å². The van der Waals surface area contributed by atoms with Crippen molar-refractivity contribution in [2.75, 3.05) is 25.6 Å². The summed E-state index contributed by atoms with van der Waals surface area (Å²) in [6.07, 6.45) is 8.83. The number of carbonyl (C=O) groups is 3. The predicted molar refractivity (Wildman–Crippen MR) is 187 cm³/mol. The van der Waals surface area contributed by atoms with Crippen molar-refractivity contribution in [3.05, 3.63) is 131 Å². The van der Waals surface area contributed by atoms with E-state index in [0.29, 0.717) is 48.6 Å². The van der Waals surface area contributed by atoms with Crippen molar-refractivity contribution < 1.29 is 23.9 Å². The Hall–Kier alpha value is -4.91. The van der Waals surface area contributed by atoms with Crippen molar-refractivity contribution in [2.45, 2.75) is 63.8 Å². The first kappa shape index (κ1) is 35.0. The zero-order valence-electron chi connectivity index (χ0n) is 27.3. The lowest BCUT2D eigenvalue weighted by Gasteiger charge is -2.20. The molecule has 1 atom stereocenters. The molecule has 0 unspecified atom stereocenters. The van der Waals surface area contributed by atoms with Gasteiger partial charge in [-0.1, -0.05) is 111 Å². The van der Waals surface area contributed by atoms with Gasteiger partial charge >= 0.3 is 5.97 Å². The first-order valence-electron chi connectivity index (χ1n) is 16.6. The zero-order valence-corrected chi connectivity index (χ0v) is 27.3. The van der Waals surface area contributed by atoms with E-state index in [9.17, 15) is 14.4 Å². The molecule has 0 radical (unpaired) electrons. The molecule has 0 aliphatic rings. The van der Waals surface area contributed by atoms with Crippen LogP contribution in [0.1, 0.15) is 72.0 Å². The van der Waals surface area contributed by atoms with Gasteiger partial charge in [0.1, 0.15) is 18.4 Å². The predicted octanol–water partition coefficient (Wildman–Crippen LogP) is 7.58. The van der Waals surface area contributed by atoms with Crippen LogP contribution in [0.15, 0.2) is 109 Å². The van der Waals surface area contributed by atoms with Crippen LogP contribution < -0.4 is 15.4 Å². The Labute approximate surface area is 278 Å². The number of hydrogen-bond acceptors (Lipinski definition) is 6. The van der Waals surface area contributed by atoms with Gasteiger partial charge in [0, 0.05) is 29.7 Å². The van der Waals surface area contributed by atoms with E-state index in [1.165, 1.54) is 38.4 Å². The Bertz CT molecular complexity index is 1520. The summed E-state index contributed by atoms with van der Waals surface area (Å²) in [6, 6.07) is 33.6. The molecule has 0 aliphatic heterocycles. The molecule has 47 heavy (non-hydrogen) atoms. The maximum absolute atomic E-state index is 13.2. The van der Waals surface area contributed by atoms with Crippen LogP contribution >= 0.6 is 0 Å². The Kier molecular flexibility index (Phi) is 14.6. The fourth-order valence-corrected chi connectivity index (χ4v) is 5.45. The number of rotatable bonds is 20. The van der Waals surface area contributed by atoms with Gasteiger partial charge in [-0.15, -0.1) is 0 Å². The topological polar surface area (TPSA) is 93.7 Å². The molecular formula is C40H46N2O5. The molecule has 0 spiro atoms. The van der Waals surface area contributed by atoms with Crippen LogP contribution in [0.5, 0.6) is 5.75 Å². The normalized spacial score (nSPS) is 11.3. The van der Waals surface area contributed by atoms with Crippen LogP contribution in [0.2, 0.25) is 0 Å². The molecule has 0 saturated carbocycles. The van der Waals surface area contributed by atoms with E-state index >= 15 is 0 Å². The van der Waals surface area contributed by atoms with Gasteiger partial charge in [-0.2, -0.15) is 0 Å². The SMILES string of the molecule is COC(=O)[C@H](Cc1ccc(OCCNC(=O)CCCCCCCCc2ccccc2)cc1)Nc1ccccc1C(=O)c1ccccc1. The molecule has 1 amide bonds. The summed E-state index contributed by atoms with van der Waals surface area (Å²) in [7, 11) is 1.35. The number of methoxy groups -OCH3 is 1. The summed E-state index contributed by atoms with van der Waals surface area (Å²) in [4.78, 5) is 38.1. The zero-order chi connectivity index (χ0) is 33.1. The number of ether oxygens (including phenoxy) is 2. The first-order valence-corrected chi connectivity index (χ1v) is 16.6. The van der Waals surface area contributed by atoms with Crippen LogP contribution in [0.25, 0.3) is 0 Å². The Balaban J connectivity index is 1.14. The fourth-order valence-electron chi connectivity index (χ4n) is 5.45. The summed E-state index contributed by atoms with van der Waals surface area (Å²) in [5.41, 5.74) is 3.92. The number of benzene rings is 4. The number of amides is 1. The maximum Gasteiger partial charge on any atom is 0.328 e. The minimum absolute atomic E-state index is 0.0569. The Morgan fingerprint density at radius 3 is 2.04 bits per heavy atom. The first-order chi connectivity index (χ1) is 23.0. The van der Waals surface area contributed by atoms with E-state index in [1.807, 2.05) is 48.5 Å². The summed E-state index contributed by atoms with van der Waals surface area (Å²) in [5, 5.41) is 6.17. The highest BCUT2D eigenvalue weighted by Gasteiger charge is 2.22. The van der Waals surface area contributed by atoms with Crippen LogP contribution in [-0.2, 0) is 27.2 Å². The van der Waals surface area contributed by atoms with Crippen molar-refractivity contribution in [2.24, 2.45) is 0 Å². The average Bonchev–Trinajstić information content (AvgIpc) is 3.12. The van der Waals surface area contributed by atoms with Gasteiger partial charge in [0.15, 0.2) is 5.78 Å². The van der Waals surface area contributed by atoms with Gasteiger partial charge < -0.3 is 20.1 Å². The lowest BCUT2D eigenvalue weighted by molar-refractivity contribution is -0.141. The Morgan fingerprint density at radius 1 is 0.681 bits per heavy atom. The standard InChI is InChI=1S/C40H46N2O5/c1-46-40(45)37(42-36-22-15-14-21-35(36)39(44)33-19-11-7-12-20-33)30-32-24-26-34(27-25-32)47-29-28-41-38(43)23-13-5-3-2-4-8-16-31-17-9-6-10-18-31/h6-7,9-12,14-15,17-22,24-27,37,42H,2-5,8,13,16,23,28-30H2,1H3,(H,41,43)/t37-/m0/s1. The van der Waals surface area contributed by atoms with E-state index < -0.39 is 12.0 Å². The molecule has 0 saturated heterocycles. The van der Waals surface area contributed by atoms with E-state index in [4.69, 9.17) is 9.47 Å². The summed E-state index contributed by atoms with van der Waals surface area (Å²) in [6.45, 7) is 0.806. The fraction of sp³-hybridized carbons (Fsp3) is 0.325. The van der Waals surface area contributed by atoms with Crippen molar-refractivity contribution >= 4 is 23.3 Å². The third kappa shape index (κ3) is 12.1. The van der Waals surface area contributed by atoms with E-state index in [1.54, 1.807) is 30.3 Å². The van der Waals surface area contributed by atoms with Crippen LogP contribution in [-0.4, -0.2) is 44.0 Å². The largest absolute Gasteiger partial charge is 0.492 e. The number of carbonyl (C=O) groups excluding carboxylic acids is 3. The number of aryl methyl sites for hydroxylation is 1. The molecule has 7 nitrogen and oxygen atoms in total. The minimum atomic E-state index is -0.702. The Morgan fingerprint density at radius 2 is 1.32 bits per heavy atom. The minimum Gasteiger partial charge on any atom is -0.492 e. The second kappa shape index (κ2) is 19.6.